The fraction of sp³-hybridized carbons (Fsp3) is 0.471. The van der Waals surface area contributed by atoms with Gasteiger partial charge >= 0.3 is 5.97 Å². The van der Waals surface area contributed by atoms with E-state index >= 15 is 0 Å². The molecule has 6 heteroatoms. The molecule has 0 radical (unpaired) electrons. The quantitative estimate of drug-likeness (QED) is 0.651. The van der Waals surface area contributed by atoms with Crippen LogP contribution in [0.5, 0.6) is 0 Å². The zero-order chi connectivity index (χ0) is 16.6. The number of amides is 2. The van der Waals surface area contributed by atoms with Gasteiger partial charge in [-0.3, -0.25) is 14.4 Å². The number of benzene rings is 1. The van der Waals surface area contributed by atoms with Crippen LogP contribution >= 0.6 is 0 Å². The van der Waals surface area contributed by atoms with Crippen LogP contribution in [0, 0.1) is 5.92 Å². The summed E-state index contributed by atoms with van der Waals surface area (Å²) in [4.78, 5) is 38.2. The summed E-state index contributed by atoms with van der Waals surface area (Å²) < 4.78 is 4.73. The molecule has 6 nitrogen and oxygen atoms in total. The van der Waals surface area contributed by atoms with Gasteiger partial charge < -0.3 is 15.0 Å². The van der Waals surface area contributed by atoms with Crippen molar-refractivity contribution in [1.82, 2.24) is 10.2 Å². The van der Waals surface area contributed by atoms with Gasteiger partial charge in [0.2, 0.25) is 11.8 Å². The van der Waals surface area contributed by atoms with Crippen LogP contribution in [0.25, 0.3) is 0 Å². The molecule has 0 aliphatic carbocycles. The first-order valence-corrected chi connectivity index (χ1v) is 7.77. The molecule has 4 atom stereocenters. The van der Waals surface area contributed by atoms with Crippen molar-refractivity contribution in [2.75, 3.05) is 7.11 Å². The highest BCUT2D eigenvalue weighted by molar-refractivity contribution is 6.02. The standard InChI is InChI=1S/C17H20N2O4/c1-10-15(20)18-13(8-11-6-4-3-5-7-11)14-9-12(17(22)23-2)16(21)19(10)14/h3-7,10,12-14H,8-9H2,1-2H3,(H,18,20)/t10-,12?,13-,14-/m0/s1. The molecule has 1 aromatic rings. The second kappa shape index (κ2) is 6.02. The van der Waals surface area contributed by atoms with E-state index in [1.54, 1.807) is 11.8 Å². The summed E-state index contributed by atoms with van der Waals surface area (Å²) in [7, 11) is 1.28. The summed E-state index contributed by atoms with van der Waals surface area (Å²) in [5.74, 6) is -1.82. The van der Waals surface area contributed by atoms with Crippen molar-refractivity contribution in [3.05, 3.63) is 35.9 Å². The second-order valence-corrected chi connectivity index (χ2v) is 6.11. The van der Waals surface area contributed by atoms with Crippen LogP contribution < -0.4 is 5.32 Å². The molecular formula is C17H20N2O4. The average molecular weight is 316 g/mol. The predicted molar refractivity (Wildman–Crippen MR) is 82.3 cm³/mol. The second-order valence-electron chi connectivity index (χ2n) is 6.11. The third-order valence-electron chi connectivity index (χ3n) is 4.76. The maximum atomic E-state index is 12.5. The van der Waals surface area contributed by atoms with Crippen LogP contribution in [0.15, 0.2) is 30.3 Å². The van der Waals surface area contributed by atoms with E-state index in [9.17, 15) is 14.4 Å². The van der Waals surface area contributed by atoms with Gasteiger partial charge in [-0.2, -0.15) is 0 Å². The Morgan fingerprint density at radius 1 is 1.30 bits per heavy atom. The lowest BCUT2D eigenvalue weighted by Gasteiger charge is -2.41. The molecular weight excluding hydrogens is 296 g/mol. The molecule has 0 bridgehead atoms. The fourth-order valence-electron chi connectivity index (χ4n) is 3.56. The molecule has 2 saturated heterocycles. The fourth-order valence-corrected chi connectivity index (χ4v) is 3.56. The SMILES string of the molecule is COC(=O)C1C[C@H]2[C@H](Cc3ccccc3)NC(=O)[C@H](C)N2C1=O. The Labute approximate surface area is 134 Å². The predicted octanol–water partition coefficient (Wildman–Crippen LogP) is 0.506. The number of nitrogens with zero attached hydrogens (tertiary/aromatic N) is 1. The molecule has 0 aromatic heterocycles. The third kappa shape index (κ3) is 2.69. The Kier molecular flexibility index (Phi) is 4.07. The number of carbonyl (C=O) groups excluding carboxylic acids is 3. The Balaban J connectivity index is 1.86. The molecule has 2 amide bonds. The minimum Gasteiger partial charge on any atom is -0.468 e. The van der Waals surface area contributed by atoms with Gasteiger partial charge in [0.15, 0.2) is 0 Å². The lowest BCUT2D eigenvalue weighted by molar-refractivity contribution is -0.153. The van der Waals surface area contributed by atoms with Crippen molar-refractivity contribution >= 4 is 17.8 Å². The van der Waals surface area contributed by atoms with Crippen LogP contribution in [-0.4, -0.2) is 47.9 Å². The number of methoxy groups -OCH3 is 1. The smallest absolute Gasteiger partial charge is 0.318 e. The monoisotopic (exact) mass is 316 g/mol. The topological polar surface area (TPSA) is 75.7 Å². The van der Waals surface area contributed by atoms with Crippen molar-refractivity contribution in [2.45, 2.75) is 37.9 Å². The molecule has 3 rings (SSSR count). The number of piperazine rings is 1. The summed E-state index contributed by atoms with van der Waals surface area (Å²) in [5, 5.41) is 3.00. The van der Waals surface area contributed by atoms with Gasteiger partial charge in [-0.15, -0.1) is 0 Å². The van der Waals surface area contributed by atoms with Crippen molar-refractivity contribution in [3.63, 3.8) is 0 Å². The number of hydrogen-bond donors (Lipinski definition) is 1. The Hall–Kier alpha value is -2.37. The molecule has 0 spiro atoms. The van der Waals surface area contributed by atoms with Gasteiger partial charge in [0, 0.05) is 0 Å². The third-order valence-corrected chi connectivity index (χ3v) is 4.76. The summed E-state index contributed by atoms with van der Waals surface area (Å²) in [6, 6.07) is 8.86. The molecule has 1 unspecified atom stereocenters. The lowest BCUT2D eigenvalue weighted by Crippen LogP contribution is -2.63. The Morgan fingerprint density at radius 2 is 2.00 bits per heavy atom. The van der Waals surface area contributed by atoms with E-state index in [4.69, 9.17) is 4.74 Å². The Morgan fingerprint density at radius 3 is 2.65 bits per heavy atom. The normalized spacial score (nSPS) is 29.9. The van der Waals surface area contributed by atoms with Gasteiger partial charge in [0.25, 0.3) is 0 Å². The average Bonchev–Trinajstić information content (AvgIpc) is 2.90. The zero-order valence-corrected chi connectivity index (χ0v) is 13.2. The van der Waals surface area contributed by atoms with Crippen molar-refractivity contribution in [3.8, 4) is 0 Å². The van der Waals surface area contributed by atoms with Crippen LogP contribution in [0.2, 0.25) is 0 Å². The number of fused-ring (bicyclic) bond motifs is 1. The minimum absolute atomic E-state index is 0.180. The molecule has 2 heterocycles. The number of rotatable bonds is 3. The van der Waals surface area contributed by atoms with E-state index in [0.717, 1.165) is 5.56 Å². The highest BCUT2D eigenvalue weighted by atomic mass is 16.5. The summed E-state index contributed by atoms with van der Waals surface area (Å²) in [6.07, 6.45) is 1.01. The largest absolute Gasteiger partial charge is 0.468 e. The lowest BCUT2D eigenvalue weighted by atomic mass is 9.92. The van der Waals surface area contributed by atoms with E-state index in [2.05, 4.69) is 5.32 Å². The maximum Gasteiger partial charge on any atom is 0.318 e. The van der Waals surface area contributed by atoms with Crippen LogP contribution in [0.3, 0.4) is 0 Å². The van der Waals surface area contributed by atoms with E-state index in [-0.39, 0.29) is 23.9 Å². The van der Waals surface area contributed by atoms with Gasteiger partial charge in [0.1, 0.15) is 12.0 Å². The molecule has 122 valence electrons. The number of hydrogen-bond acceptors (Lipinski definition) is 4. The molecule has 0 saturated carbocycles. The number of ether oxygens (including phenoxy) is 1. The molecule has 23 heavy (non-hydrogen) atoms. The molecule has 2 aliphatic rings. The molecule has 2 fully saturated rings. The first kappa shape index (κ1) is 15.5. The first-order chi connectivity index (χ1) is 11.0. The summed E-state index contributed by atoms with van der Waals surface area (Å²) in [6.45, 7) is 1.69. The van der Waals surface area contributed by atoms with Gasteiger partial charge in [-0.1, -0.05) is 30.3 Å². The van der Waals surface area contributed by atoms with Crippen LogP contribution in [0.4, 0.5) is 0 Å². The Bertz CT molecular complexity index is 631. The van der Waals surface area contributed by atoms with Crippen LogP contribution in [-0.2, 0) is 25.5 Å². The van der Waals surface area contributed by atoms with Crippen molar-refractivity contribution < 1.29 is 19.1 Å². The van der Waals surface area contributed by atoms with Crippen molar-refractivity contribution in [1.29, 1.82) is 0 Å². The van der Waals surface area contributed by atoms with Gasteiger partial charge in [0.05, 0.1) is 19.2 Å². The van der Waals surface area contributed by atoms with E-state index in [1.165, 1.54) is 7.11 Å². The van der Waals surface area contributed by atoms with E-state index < -0.39 is 17.9 Å². The number of esters is 1. The highest BCUT2D eigenvalue weighted by Gasteiger charge is 2.52. The zero-order valence-electron chi connectivity index (χ0n) is 13.2. The highest BCUT2D eigenvalue weighted by Crippen LogP contribution is 2.33. The summed E-state index contributed by atoms with van der Waals surface area (Å²) >= 11 is 0. The number of nitrogens with one attached hydrogen (secondary N) is 1. The van der Waals surface area contributed by atoms with Crippen LogP contribution in [0.1, 0.15) is 18.9 Å². The molecule has 1 N–H and O–H groups in total. The maximum absolute atomic E-state index is 12.5. The van der Waals surface area contributed by atoms with Gasteiger partial charge in [-0.05, 0) is 25.3 Å². The van der Waals surface area contributed by atoms with Crippen molar-refractivity contribution in [2.24, 2.45) is 5.92 Å². The number of carbonyl (C=O) groups is 3. The first-order valence-electron chi connectivity index (χ1n) is 7.77. The minimum atomic E-state index is -0.807. The van der Waals surface area contributed by atoms with E-state index in [1.807, 2.05) is 30.3 Å². The molecule has 2 aliphatic heterocycles. The molecule has 1 aromatic carbocycles. The van der Waals surface area contributed by atoms with E-state index in [0.29, 0.717) is 12.8 Å². The van der Waals surface area contributed by atoms with Gasteiger partial charge in [-0.25, -0.2) is 0 Å². The summed E-state index contributed by atoms with van der Waals surface area (Å²) in [5.41, 5.74) is 1.08.